The van der Waals surface area contributed by atoms with Crippen molar-refractivity contribution in [2.75, 3.05) is 34.0 Å². The normalized spacial score (nSPS) is 17.8. The monoisotopic (exact) mass is 397 g/mol. The van der Waals surface area contributed by atoms with Gasteiger partial charge in [-0.05, 0) is 44.1 Å². The van der Waals surface area contributed by atoms with Gasteiger partial charge in [0, 0.05) is 32.0 Å². The van der Waals surface area contributed by atoms with Gasteiger partial charge in [-0.3, -0.25) is 9.36 Å². The average molecular weight is 397 g/mol. The fourth-order valence-corrected chi connectivity index (χ4v) is 3.38. The van der Waals surface area contributed by atoms with E-state index in [0.29, 0.717) is 12.5 Å². The molecule has 1 aromatic heterocycles. The fraction of sp³-hybridized carbons (Fsp3) is 0.474. The Morgan fingerprint density at radius 2 is 2.07 bits per heavy atom. The van der Waals surface area contributed by atoms with E-state index in [9.17, 15) is 18.0 Å². The Kier molecular flexibility index (Phi) is 6.04. The van der Waals surface area contributed by atoms with E-state index in [2.05, 4.69) is 9.88 Å². The van der Waals surface area contributed by atoms with Gasteiger partial charge in [-0.15, -0.1) is 0 Å². The van der Waals surface area contributed by atoms with Gasteiger partial charge >= 0.3 is 6.18 Å². The molecule has 28 heavy (non-hydrogen) atoms. The molecule has 1 unspecified atom stereocenters. The summed E-state index contributed by atoms with van der Waals surface area (Å²) in [6, 6.07) is 3.04. The van der Waals surface area contributed by atoms with E-state index in [0.717, 1.165) is 31.6 Å². The first-order chi connectivity index (χ1) is 13.3. The van der Waals surface area contributed by atoms with E-state index in [1.807, 2.05) is 7.05 Å². The minimum absolute atomic E-state index is 0.0751. The number of hydrogen-bond donors (Lipinski definition) is 0. The topological polar surface area (TPSA) is 56.6 Å². The molecule has 6 nitrogen and oxygen atoms in total. The standard InChI is InChI=1S/C19H22F3N3O3/c1-24-6-5-13(9-24)10-25-11-23-8-16(18(25)26)15-4-3-14(19(20,21)22)7-17(15)28-12-27-2/h3-4,7-8,11,13H,5-6,9-10,12H2,1-2H3. The molecule has 0 amide bonds. The molecule has 2 aromatic rings. The summed E-state index contributed by atoms with van der Waals surface area (Å²) in [5.74, 6) is 0.255. The lowest BCUT2D eigenvalue weighted by molar-refractivity contribution is -0.137. The van der Waals surface area contributed by atoms with Crippen molar-refractivity contribution in [3.05, 3.63) is 46.6 Å². The molecule has 0 bridgehead atoms. The van der Waals surface area contributed by atoms with Crippen molar-refractivity contribution in [2.45, 2.75) is 19.1 Å². The van der Waals surface area contributed by atoms with Crippen LogP contribution in [0.5, 0.6) is 5.75 Å². The maximum absolute atomic E-state index is 13.1. The molecule has 0 N–H and O–H groups in total. The fourth-order valence-electron chi connectivity index (χ4n) is 3.38. The van der Waals surface area contributed by atoms with E-state index >= 15 is 0 Å². The molecule has 9 heteroatoms. The van der Waals surface area contributed by atoms with Crippen molar-refractivity contribution < 1.29 is 22.6 Å². The summed E-state index contributed by atoms with van der Waals surface area (Å²) in [5.41, 5.74) is -0.735. The molecule has 0 saturated carbocycles. The van der Waals surface area contributed by atoms with Crippen LogP contribution in [-0.4, -0.2) is 48.5 Å². The lowest BCUT2D eigenvalue weighted by Gasteiger charge is -2.16. The minimum Gasteiger partial charge on any atom is -0.467 e. The number of likely N-dealkylation sites (tertiary alicyclic amines) is 1. The molecule has 1 aliphatic rings. The van der Waals surface area contributed by atoms with Crippen molar-refractivity contribution in [1.29, 1.82) is 0 Å². The smallest absolute Gasteiger partial charge is 0.416 e. The third-order valence-electron chi connectivity index (χ3n) is 4.78. The second-order valence-corrected chi connectivity index (χ2v) is 6.94. The molecule has 1 atom stereocenters. The maximum Gasteiger partial charge on any atom is 0.416 e. The van der Waals surface area contributed by atoms with Crippen molar-refractivity contribution >= 4 is 0 Å². The number of alkyl halides is 3. The van der Waals surface area contributed by atoms with Crippen LogP contribution in [0.15, 0.2) is 35.5 Å². The summed E-state index contributed by atoms with van der Waals surface area (Å²) in [5, 5.41) is 0. The summed E-state index contributed by atoms with van der Waals surface area (Å²) in [4.78, 5) is 19.3. The first-order valence-electron chi connectivity index (χ1n) is 8.86. The first-order valence-corrected chi connectivity index (χ1v) is 8.86. The van der Waals surface area contributed by atoms with Crippen LogP contribution in [0.1, 0.15) is 12.0 Å². The second kappa shape index (κ2) is 8.32. The van der Waals surface area contributed by atoms with Gasteiger partial charge in [-0.25, -0.2) is 4.98 Å². The number of rotatable bonds is 6. The predicted octanol–water partition coefficient (Wildman–Crippen LogP) is 2.86. The zero-order valence-corrected chi connectivity index (χ0v) is 15.7. The zero-order valence-electron chi connectivity index (χ0n) is 15.7. The number of methoxy groups -OCH3 is 1. The summed E-state index contributed by atoms with van der Waals surface area (Å²) in [6.45, 7) is 2.13. The van der Waals surface area contributed by atoms with Gasteiger partial charge in [-0.2, -0.15) is 13.2 Å². The minimum atomic E-state index is -4.52. The van der Waals surface area contributed by atoms with Crippen molar-refractivity contribution in [1.82, 2.24) is 14.5 Å². The molecule has 1 aromatic carbocycles. The van der Waals surface area contributed by atoms with E-state index in [1.54, 1.807) is 0 Å². The Bertz CT molecular complexity index is 883. The summed E-state index contributed by atoms with van der Waals surface area (Å²) < 4.78 is 50.8. The molecule has 1 fully saturated rings. The molecule has 3 rings (SSSR count). The van der Waals surface area contributed by atoms with Crippen LogP contribution >= 0.6 is 0 Å². The van der Waals surface area contributed by atoms with Crippen LogP contribution in [0.2, 0.25) is 0 Å². The number of hydrogen-bond acceptors (Lipinski definition) is 5. The SMILES string of the molecule is COCOc1cc(C(F)(F)F)ccc1-c1cncn(CC2CCN(C)C2)c1=O. The van der Waals surface area contributed by atoms with Crippen LogP contribution in [0, 0.1) is 5.92 Å². The Labute approximate surface area is 160 Å². The Hall–Kier alpha value is -2.39. The third-order valence-corrected chi connectivity index (χ3v) is 4.78. The molecule has 1 saturated heterocycles. The number of benzene rings is 1. The lowest BCUT2D eigenvalue weighted by atomic mass is 10.0. The molecule has 2 heterocycles. The van der Waals surface area contributed by atoms with Crippen LogP contribution in [-0.2, 0) is 17.5 Å². The van der Waals surface area contributed by atoms with Gasteiger partial charge in [0.2, 0.25) is 0 Å². The van der Waals surface area contributed by atoms with Gasteiger partial charge in [-0.1, -0.05) is 0 Å². The molecular weight excluding hydrogens is 375 g/mol. The predicted molar refractivity (Wildman–Crippen MR) is 97.0 cm³/mol. The molecule has 0 spiro atoms. The first kappa shape index (κ1) is 20.3. The Balaban J connectivity index is 1.98. The number of halogens is 3. The number of aromatic nitrogens is 2. The van der Waals surface area contributed by atoms with Crippen molar-refractivity contribution in [3.63, 3.8) is 0 Å². The maximum atomic E-state index is 13.1. The highest BCUT2D eigenvalue weighted by Gasteiger charge is 2.32. The van der Waals surface area contributed by atoms with E-state index < -0.39 is 11.7 Å². The van der Waals surface area contributed by atoms with Gasteiger partial charge in [0.1, 0.15) is 5.75 Å². The molecule has 0 radical (unpaired) electrons. The molecule has 0 aliphatic carbocycles. The van der Waals surface area contributed by atoms with Gasteiger partial charge < -0.3 is 14.4 Å². The van der Waals surface area contributed by atoms with Gasteiger partial charge in [0.25, 0.3) is 5.56 Å². The van der Waals surface area contributed by atoms with E-state index in [-0.39, 0.29) is 29.2 Å². The van der Waals surface area contributed by atoms with Crippen molar-refractivity contribution in [2.24, 2.45) is 5.92 Å². The quantitative estimate of drug-likeness (QED) is 0.702. The van der Waals surface area contributed by atoms with Crippen LogP contribution < -0.4 is 10.3 Å². The van der Waals surface area contributed by atoms with E-state index in [4.69, 9.17) is 9.47 Å². The van der Waals surface area contributed by atoms with E-state index in [1.165, 1.54) is 30.3 Å². The van der Waals surface area contributed by atoms with Gasteiger partial charge in [0.15, 0.2) is 6.79 Å². The number of ether oxygens (including phenoxy) is 2. The third kappa shape index (κ3) is 4.53. The second-order valence-electron chi connectivity index (χ2n) is 6.94. The molecule has 1 aliphatic heterocycles. The number of nitrogens with zero attached hydrogens (tertiary/aromatic N) is 3. The highest BCUT2D eigenvalue weighted by Crippen LogP contribution is 2.36. The Morgan fingerprint density at radius 1 is 1.29 bits per heavy atom. The van der Waals surface area contributed by atoms with Gasteiger partial charge in [0.05, 0.1) is 17.5 Å². The molecule has 152 valence electrons. The summed E-state index contributed by atoms with van der Waals surface area (Å²) in [7, 11) is 3.39. The van der Waals surface area contributed by atoms with Crippen LogP contribution in [0.25, 0.3) is 11.1 Å². The summed E-state index contributed by atoms with van der Waals surface area (Å²) in [6.07, 6.45) is -0.727. The molecular formula is C19H22F3N3O3. The average Bonchev–Trinajstić information content (AvgIpc) is 3.06. The highest BCUT2D eigenvalue weighted by molar-refractivity contribution is 5.69. The lowest BCUT2D eigenvalue weighted by Crippen LogP contribution is -2.26. The zero-order chi connectivity index (χ0) is 20.3. The highest BCUT2D eigenvalue weighted by atomic mass is 19.4. The summed E-state index contributed by atoms with van der Waals surface area (Å²) >= 11 is 0. The largest absolute Gasteiger partial charge is 0.467 e. The van der Waals surface area contributed by atoms with Crippen LogP contribution in [0.3, 0.4) is 0 Å². The van der Waals surface area contributed by atoms with Crippen molar-refractivity contribution in [3.8, 4) is 16.9 Å². The van der Waals surface area contributed by atoms with Crippen LogP contribution in [0.4, 0.5) is 13.2 Å². The Morgan fingerprint density at radius 3 is 2.71 bits per heavy atom.